The number of benzene rings is 10. The Morgan fingerprint density at radius 2 is 0.248 bits per heavy atom. The summed E-state index contributed by atoms with van der Waals surface area (Å²) in [4.78, 5) is 0. The van der Waals surface area contributed by atoms with Gasteiger partial charge in [0.15, 0.2) is 0 Å². The van der Waals surface area contributed by atoms with Crippen LogP contribution in [0.25, 0.3) is 53.9 Å². The molecule has 0 aliphatic heterocycles. The summed E-state index contributed by atoms with van der Waals surface area (Å²) in [6.45, 7) is 48.7. The lowest BCUT2D eigenvalue weighted by atomic mass is 9.94. The monoisotopic (exact) mass is 1540 g/mol. The van der Waals surface area contributed by atoms with Gasteiger partial charge in [0.1, 0.15) is 0 Å². The third kappa shape index (κ3) is 81.9. The lowest BCUT2D eigenvalue weighted by Gasteiger charge is -2.12. The second-order valence-corrected chi connectivity index (χ2v) is 26.7. The fourth-order valence-electron chi connectivity index (χ4n) is 5.66. The molecule has 0 spiro atoms. The molecule has 0 amide bonds. The quantitative estimate of drug-likeness (QED) is 0.118. The zero-order chi connectivity index (χ0) is 70.8. The molecule has 0 aromatic heterocycles. The average Bonchev–Trinajstić information content (AvgIpc) is 0.911. The van der Waals surface area contributed by atoms with Gasteiger partial charge in [-0.1, -0.05) is 533 Å². The molecule has 4 heteroatoms. The Hall–Kier alpha value is -5.23. The van der Waals surface area contributed by atoms with Gasteiger partial charge < -0.3 is 4.74 Å². The minimum atomic E-state index is 0. The van der Waals surface area contributed by atoms with Gasteiger partial charge in [-0.05, 0) is 98.9 Å². The summed E-state index contributed by atoms with van der Waals surface area (Å²) < 4.78 is 4.25. The van der Waals surface area contributed by atoms with Crippen LogP contribution >= 0.6 is 44.5 Å². The summed E-state index contributed by atoms with van der Waals surface area (Å²) in [6.07, 6.45) is 8.05. The second-order valence-electron chi connectivity index (χ2n) is 26.7. The van der Waals surface area contributed by atoms with E-state index in [1.165, 1.54) is 86.0 Å². The van der Waals surface area contributed by atoms with Crippen molar-refractivity contribution in [3.05, 3.63) is 243 Å². The Morgan fingerprint density at radius 3 is 0.277 bits per heavy atom. The zero-order valence-corrected chi connectivity index (χ0v) is 66.8. The van der Waals surface area contributed by atoms with E-state index < -0.39 is 0 Å². The molecule has 0 aliphatic carbocycles. The third-order valence-corrected chi connectivity index (χ3v) is 13.6. The maximum Gasteiger partial charge on any atom is 0.0351 e. The normalized spacial score (nSPS) is 8.93. The van der Waals surface area contributed by atoms with Crippen LogP contribution in [0.15, 0.2) is 243 Å². The Bertz CT molecular complexity index is 2320. The van der Waals surface area contributed by atoms with E-state index in [4.69, 9.17) is 0 Å². The minimum absolute atomic E-state index is 0. The maximum absolute atomic E-state index is 4.25. The second kappa shape index (κ2) is 82.1. The van der Waals surface area contributed by atoms with Crippen molar-refractivity contribution < 1.29 is 4.74 Å². The van der Waals surface area contributed by atoms with E-state index in [-0.39, 0.29) is 74.3 Å². The summed E-state index contributed by atoms with van der Waals surface area (Å²) >= 11 is 9.40. The molecular formula is C97H172Br2OS. The van der Waals surface area contributed by atoms with Gasteiger partial charge in [-0.25, -0.2) is 0 Å². The first-order valence-electron chi connectivity index (χ1n) is 32.8. The summed E-state index contributed by atoms with van der Waals surface area (Å²) in [5.41, 5.74) is 2.71. The Labute approximate surface area is 658 Å². The molecule has 0 saturated carbocycles. The smallest absolute Gasteiger partial charge is 0.0351 e. The van der Waals surface area contributed by atoms with Crippen molar-refractivity contribution in [2.75, 3.05) is 32.1 Å². The molecule has 0 radical (unpaired) electrons. The van der Waals surface area contributed by atoms with Crippen molar-refractivity contribution in [2.45, 2.75) is 259 Å². The van der Waals surface area contributed by atoms with E-state index in [2.05, 4.69) is 430 Å². The number of thiol groups is 1. The lowest BCUT2D eigenvalue weighted by Crippen LogP contribution is -2.00. The van der Waals surface area contributed by atoms with E-state index in [0.29, 0.717) is 27.1 Å². The first kappa shape index (κ1) is 132. The molecule has 101 heavy (non-hydrogen) atoms. The van der Waals surface area contributed by atoms with Gasteiger partial charge in [0, 0.05) is 14.2 Å². The number of hydrogen-bond donors (Lipinski definition) is 1. The average molecular weight is 1550 g/mol. The predicted molar refractivity (Wildman–Crippen MR) is 505 cm³/mol. The molecule has 10 rings (SSSR count). The zero-order valence-electron chi connectivity index (χ0n) is 62.7. The fourth-order valence-corrected chi connectivity index (χ4v) is 5.66. The molecule has 0 atom stereocenters. The third-order valence-electron chi connectivity index (χ3n) is 13.6. The first-order valence-corrected chi connectivity index (χ1v) is 36.9. The van der Waals surface area contributed by atoms with Crippen molar-refractivity contribution in [1.82, 2.24) is 0 Å². The van der Waals surface area contributed by atoms with Crippen molar-refractivity contribution in [3.63, 3.8) is 0 Å². The van der Waals surface area contributed by atoms with Crippen LogP contribution in [0.4, 0.5) is 0 Å². The molecule has 0 heterocycles. The molecule has 1 nitrogen and oxygen atoms in total. The number of fused-ring (bicyclic) bond motifs is 5. The summed E-state index contributed by atoms with van der Waals surface area (Å²) in [5.74, 6) is 3.62. The molecular weight excluding hydrogens is 1370 g/mol. The van der Waals surface area contributed by atoms with Crippen LogP contribution in [0.3, 0.4) is 0 Å². The summed E-state index contributed by atoms with van der Waals surface area (Å²) in [7, 11) is 3.25. The predicted octanol–water partition coefficient (Wildman–Crippen LogP) is 36.6. The van der Waals surface area contributed by atoms with E-state index in [1.54, 1.807) is 20.5 Å². The number of alkyl halides is 2. The molecule has 0 aliphatic rings. The van der Waals surface area contributed by atoms with Gasteiger partial charge >= 0.3 is 0 Å². The largest absolute Gasteiger partial charge is 0.388 e. The van der Waals surface area contributed by atoms with Crippen LogP contribution in [0, 0.1) is 27.1 Å². The van der Waals surface area contributed by atoms with Crippen molar-refractivity contribution in [2.24, 2.45) is 27.1 Å². The minimum Gasteiger partial charge on any atom is -0.388 e. The van der Waals surface area contributed by atoms with Crippen LogP contribution < -0.4 is 0 Å². The molecule has 10 aromatic rings. The Kier molecular flexibility index (Phi) is 107. The van der Waals surface area contributed by atoms with E-state index >= 15 is 0 Å². The van der Waals surface area contributed by atoms with Gasteiger partial charge in [0.25, 0.3) is 0 Å². The highest BCUT2D eigenvalue weighted by atomic mass is 79.9. The van der Waals surface area contributed by atoms with Crippen LogP contribution in [-0.4, -0.2) is 32.1 Å². The Balaban J connectivity index is -0.0000000614. The molecule has 586 valence electrons. The van der Waals surface area contributed by atoms with Crippen LogP contribution in [-0.2, 0) is 4.74 Å². The highest BCUT2D eigenvalue weighted by Gasteiger charge is 2.06. The molecule has 0 fully saturated rings. The van der Waals surface area contributed by atoms with Gasteiger partial charge in [-0.2, -0.15) is 12.6 Å². The van der Waals surface area contributed by atoms with Gasteiger partial charge in [0.05, 0.1) is 0 Å². The number of rotatable bonds is 0. The van der Waals surface area contributed by atoms with Crippen molar-refractivity contribution in [3.8, 4) is 0 Å². The van der Waals surface area contributed by atoms with Crippen LogP contribution in [0.2, 0.25) is 0 Å². The van der Waals surface area contributed by atoms with Crippen molar-refractivity contribution in [1.29, 1.82) is 0 Å². The highest BCUT2D eigenvalue weighted by molar-refractivity contribution is 9.09. The SMILES string of the molecule is C.C.C.C.C.C.C.C.C.C.CBr.CBr.CC.CCC(C)(C)C.CCC(C)(C)C.CCC(C)(C)C.CCC(C)(C)C.CCC(C)(C)C.COC.CS.c1ccc2ccccc2c1.c1ccc2ccccc2c1.c1ccc2ccccc2c1.c1ccc2ccccc2c1.c1ccc2ccccc2c1. The molecule has 10 aromatic carbocycles. The highest BCUT2D eigenvalue weighted by Crippen LogP contribution is 2.20. The van der Waals surface area contributed by atoms with Crippen LogP contribution in [0.5, 0.6) is 0 Å². The summed E-state index contributed by atoms with van der Waals surface area (Å²) in [5, 5.41) is 13.1. The molecule has 0 bridgehead atoms. The molecule has 0 unspecified atom stereocenters. The van der Waals surface area contributed by atoms with E-state index in [0.717, 1.165) is 0 Å². The molecule has 0 N–H and O–H groups in total. The maximum atomic E-state index is 4.25. The van der Waals surface area contributed by atoms with Crippen molar-refractivity contribution >= 4 is 98.4 Å². The number of hydrogen-bond acceptors (Lipinski definition) is 2. The summed E-state index contributed by atoms with van der Waals surface area (Å²) in [6, 6.07) is 83.6. The molecule has 0 saturated heterocycles. The first-order chi connectivity index (χ1) is 43.0. The van der Waals surface area contributed by atoms with E-state index in [1.807, 2.05) is 25.5 Å². The number of methoxy groups -OCH3 is 1. The van der Waals surface area contributed by atoms with Gasteiger partial charge in [-0.15, -0.1) is 0 Å². The lowest BCUT2D eigenvalue weighted by molar-refractivity contribution is 0.277. The van der Waals surface area contributed by atoms with Crippen LogP contribution in [0.1, 0.15) is 259 Å². The van der Waals surface area contributed by atoms with Gasteiger partial charge in [0.2, 0.25) is 0 Å². The fraction of sp³-hybridized carbons (Fsp3) is 0.485. The topological polar surface area (TPSA) is 9.23 Å². The number of halogens is 2. The van der Waals surface area contributed by atoms with E-state index in [9.17, 15) is 0 Å². The number of ether oxygens (including phenoxy) is 1. The van der Waals surface area contributed by atoms with Gasteiger partial charge in [-0.3, -0.25) is 0 Å². The Morgan fingerprint density at radius 1 is 0.208 bits per heavy atom. The standard InChI is InChI=1S/5C10H8.5C6H14.C2H6O.C2H6.2CH3Br.CH4S.10CH4/c5*1-2-6-10-8-4-3-7-9(10)5-1;5*1-5-6(2,3)4;1-3-2;4*1-2;;;;;;;;;;/h5*1-8H;5*5H2,1-4H3;1-2H3;1-2H3;2*1H3;2H,1H3;10*1H4.